The van der Waals surface area contributed by atoms with E-state index in [1.165, 1.54) is 6.07 Å². The van der Waals surface area contributed by atoms with Crippen LogP contribution in [0, 0.1) is 11.7 Å². The van der Waals surface area contributed by atoms with Gasteiger partial charge in [0.25, 0.3) is 0 Å². The number of ether oxygens (including phenoxy) is 4. The predicted octanol–water partition coefficient (Wildman–Crippen LogP) is 4.11. The minimum Gasteiger partial charge on any atom is -0.491 e. The molecule has 0 spiro atoms. The molecule has 0 saturated carbocycles. The fraction of sp³-hybridized carbons (Fsp3) is 0.593. The van der Waals surface area contributed by atoms with Crippen molar-refractivity contribution in [3.63, 3.8) is 0 Å². The molecule has 0 bridgehead atoms. The Hall–Kier alpha value is -2.37. The zero-order chi connectivity index (χ0) is 26.4. The predicted molar refractivity (Wildman–Crippen MR) is 142 cm³/mol. The van der Waals surface area contributed by atoms with Gasteiger partial charge in [0.05, 0.1) is 54.9 Å². The maximum absolute atomic E-state index is 15.2. The monoisotopic (exact) mass is 548 g/mol. The molecule has 3 aliphatic heterocycles. The van der Waals surface area contributed by atoms with Gasteiger partial charge in [0, 0.05) is 17.5 Å². The van der Waals surface area contributed by atoms with Crippen LogP contribution in [0.15, 0.2) is 18.2 Å². The highest BCUT2D eigenvalue weighted by Crippen LogP contribution is 2.42. The van der Waals surface area contributed by atoms with Gasteiger partial charge in [-0.25, -0.2) is 9.37 Å². The highest BCUT2D eigenvalue weighted by atomic mass is 35.5. The number of nitrogens with one attached hydrogen (secondary N) is 3. The van der Waals surface area contributed by atoms with Crippen molar-refractivity contribution in [2.24, 2.45) is 5.92 Å². The molecule has 6 atom stereocenters. The zero-order valence-electron chi connectivity index (χ0n) is 21.5. The van der Waals surface area contributed by atoms with Crippen LogP contribution in [0.3, 0.4) is 0 Å². The molecule has 1 aromatic heterocycles. The second-order valence-electron chi connectivity index (χ2n) is 10.7. The van der Waals surface area contributed by atoms with Crippen LogP contribution in [-0.4, -0.2) is 67.1 Å². The van der Waals surface area contributed by atoms with Crippen LogP contribution in [-0.2, 0) is 20.6 Å². The number of hydrogen-bond acceptors (Lipinski definition) is 9. The summed E-state index contributed by atoms with van der Waals surface area (Å²) in [6.07, 6.45) is 1.37. The molecule has 11 heteroatoms. The number of hydrogen-bond donors (Lipinski definition) is 4. The number of aromatic nitrogens is 1. The largest absolute Gasteiger partial charge is 0.491 e. The number of benzene rings is 1. The van der Waals surface area contributed by atoms with Gasteiger partial charge in [-0.15, -0.1) is 0 Å². The van der Waals surface area contributed by atoms with E-state index in [0.717, 1.165) is 30.5 Å². The molecule has 1 aromatic carbocycles. The first kappa shape index (κ1) is 25.9. The summed E-state index contributed by atoms with van der Waals surface area (Å²) >= 11 is 6.59. The molecule has 2 saturated heterocycles. The number of pyridine rings is 1. The lowest BCUT2D eigenvalue weighted by atomic mass is 9.96. The maximum Gasteiger partial charge on any atom is 0.153 e. The van der Waals surface area contributed by atoms with Crippen LogP contribution in [0.4, 0.5) is 21.7 Å². The summed E-state index contributed by atoms with van der Waals surface area (Å²) in [5, 5.41) is 20.7. The molecule has 206 valence electrons. The summed E-state index contributed by atoms with van der Waals surface area (Å²) in [5.41, 5.74) is 2.37. The van der Waals surface area contributed by atoms with Gasteiger partial charge in [0.2, 0.25) is 0 Å². The maximum atomic E-state index is 15.2. The molecule has 0 amide bonds. The van der Waals surface area contributed by atoms with Gasteiger partial charge < -0.3 is 40.0 Å². The number of fused-ring (bicyclic) bond motifs is 3. The topological polar surface area (TPSA) is 106 Å². The summed E-state index contributed by atoms with van der Waals surface area (Å²) in [6.45, 7) is 5.63. The molecular weight excluding hydrogens is 515 g/mol. The van der Waals surface area contributed by atoms with Crippen molar-refractivity contribution >= 4 is 28.9 Å². The standard InChI is InChI=1S/C27H34ClFN4O5/c1-13(2)35-5-6-36-16-7-14-3-4-19(23(14)18(29)9-16)31-26-17(28)10-20-27(33-26)32-22(30-20)8-15-11-37-25-21(34)12-38-24(15)25/h7,9-10,13,15,19,21-22,24-25,30,34H,3-6,8,11-12H2,1-2H3,(H2,31,32,33)/t15?,19?,21?,22?,24-,25-/m1/s1. The van der Waals surface area contributed by atoms with Crippen molar-refractivity contribution in [1.29, 1.82) is 0 Å². The van der Waals surface area contributed by atoms with Gasteiger partial charge in [-0.2, -0.15) is 0 Å². The number of halogens is 2. The summed E-state index contributed by atoms with van der Waals surface area (Å²) in [6, 6.07) is 4.95. The van der Waals surface area contributed by atoms with E-state index in [-0.39, 0.29) is 42.3 Å². The summed E-state index contributed by atoms with van der Waals surface area (Å²) < 4.78 is 37.9. The van der Waals surface area contributed by atoms with Crippen molar-refractivity contribution in [2.75, 3.05) is 42.4 Å². The minimum atomic E-state index is -0.560. The Balaban J connectivity index is 1.09. The quantitative estimate of drug-likeness (QED) is 0.344. The Labute approximate surface area is 226 Å². The molecule has 6 rings (SSSR count). The van der Waals surface area contributed by atoms with E-state index in [9.17, 15) is 5.11 Å². The fourth-order valence-corrected chi connectivity index (χ4v) is 6.11. The van der Waals surface area contributed by atoms with E-state index >= 15 is 4.39 Å². The van der Waals surface area contributed by atoms with Gasteiger partial charge in [-0.3, -0.25) is 0 Å². The number of aliphatic hydroxyl groups is 1. The zero-order valence-corrected chi connectivity index (χ0v) is 22.3. The van der Waals surface area contributed by atoms with Crippen LogP contribution in [0.25, 0.3) is 0 Å². The van der Waals surface area contributed by atoms with E-state index in [1.54, 1.807) is 0 Å². The van der Waals surface area contributed by atoms with Crippen molar-refractivity contribution in [3.05, 3.63) is 40.2 Å². The molecule has 2 fully saturated rings. The molecule has 4 aliphatic rings. The molecule has 38 heavy (non-hydrogen) atoms. The fourth-order valence-electron chi connectivity index (χ4n) is 5.90. The third-order valence-corrected chi connectivity index (χ3v) is 7.93. The van der Waals surface area contributed by atoms with E-state index in [0.29, 0.717) is 54.4 Å². The summed E-state index contributed by atoms with van der Waals surface area (Å²) in [5.74, 6) is 1.58. The normalized spacial score (nSPS) is 29.1. The number of anilines is 3. The Kier molecular flexibility index (Phi) is 7.26. The van der Waals surface area contributed by atoms with Crippen molar-refractivity contribution < 1.29 is 28.4 Å². The first-order chi connectivity index (χ1) is 18.4. The summed E-state index contributed by atoms with van der Waals surface area (Å²) in [7, 11) is 0. The molecule has 4 heterocycles. The lowest BCUT2D eigenvalue weighted by Crippen LogP contribution is -2.33. The van der Waals surface area contributed by atoms with Crippen LogP contribution in [0.2, 0.25) is 5.02 Å². The van der Waals surface area contributed by atoms with Crippen LogP contribution < -0.4 is 20.7 Å². The average Bonchev–Trinajstić information content (AvgIpc) is 3.64. The molecule has 4 unspecified atom stereocenters. The van der Waals surface area contributed by atoms with Gasteiger partial charge in [-0.1, -0.05) is 11.6 Å². The smallest absolute Gasteiger partial charge is 0.153 e. The van der Waals surface area contributed by atoms with Crippen molar-refractivity contribution in [2.45, 2.75) is 69.7 Å². The van der Waals surface area contributed by atoms with E-state index < -0.39 is 6.10 Å². The number of rotatable bonds is 9. The molecular formula is C27H34ClFN4O5. The van der Waals surface area contributed by atoms with Gasteiger partial charge in [0.15, 0.2) is 5.82 Å². The number of aryl methyl sites for hydroxylation is 1. The number of aliphatic hydroxyl groups excluding tert-OH is 1. The van der Waals surface area contributed by atoms with E-state index in [4.69, 9.17) is 35.5 Å². The van der Waals surface area contributed by atoms with Crippen LogP contribution >= 0.6 is 11.6 Å². The van der Waals surface area contributed by atoms with Gasteiger partial charge in [0.1, 0.15) is 36.2 Å². The van der Waals surface area contributed by atoms with E-state index in [2.05, 4.69) is 16.0 Å². The number of nitrogens with zero attached hydrogens (tertiary/aromatic N) is 1. The lowest BCUT2D eigenvalue weighted by Gasteiger charge is -2.20. The SMILES string of the molecule is CC(C)OCCOc1cc(F)c2c(c1)CCC2Nc1nc2c(cc1Cl)NC(CC1CO[C@@H]3C(O)CO[C@H]13)N2. The van der Waals surface area contributed by atoms with Crippen LogP contribution in [0.1, 0.15) is 43.9 Å². The first-order valence-electron chi connectivity index (χ1n) is 13.3. The van der Waals surface area contributed by atoms with E-state index in [1.807, 2.05) is 26.0 Å². The second-order valence-corrected chi connectivity index (χ2v) is 11.1. The van der Waals surface area contributed by atoms with Gasteiger partial charge >= 0.3 is 0 Å². The lowest BCUT2D eigenvalue weighted by molar-refractivity contribution is 0.0166. The third-order valence-electron chi connectivity index (χ3n) is 7.64. The second kappa shape index (κ2) is 10.7. The van der Waals surface area contributed by atoms with Crippen molar-refractivity contribution in [1.82, 2.24) is 4.98 Å². The first-order valence-corrected chi connectivity index (χ1v) is 13.7. The van der Waals surface area contributed by atoms with Gasteiger partial charge in [-0.05, 0) is 50.8 Å². The Bertz CT molecular complexity index is 1190. The molecule has 2 aromatic rings. The summed E-state index contributed by atoms with van der Waals surface area (Å²) in [4.78, 5) is 4.72. The minimum absolute atomic E-state index is 0.0634. The van der Waals surface area contributed by atoms with Crippen molar-refractivity contribution in [3.8, 4) is 5.75 Å². The average molecular weight is 549 g/mol. The highest BCUT2D eigenvalue weighted by molar-refractivity contribution is 6.33. The Morgan fingerprint density at radius 1 is 1.18 bits per heavy atom. The van der Waals surface area contributed by atoms with Crippen LogP contribution in [0.5, 0.6) is 5.75 Å². The molecule has 0 radical (unpaired) electrons. The molecule has 4 N–H and O–H groups in total. The molecule has 9 nitrogen and oxygen atoms in total. The third kappa shape index (κ3) is 5.12. The Morgan fingerprint density at radius 2 is 2.03 bits per heavy atom. The Morgan fingerprint density at radius 3 is 2.87 bits per heavy atom. The molecule has 1 aliphatic carbocycles. The highest BCUT2D eigenvalue weighted by Gasteiger charge is 2.47.